The molecule has 0 radical (unpaired) electrons. The van der Waals surface area contributed by atoms with Crippen LogP contribution in [-0.4, -0.2) is 26.4 Å². The number of benzene rings is 2. The van der Waals surface area contributed by atoms with Crippen LogP contribution in [0.3, 0.4) is 0 Å². The largest absolute Gasteiger partial charge is 0.482 e. The summed E-state index contributed by atoms with van der Waals surface area (Å²) in [5.41, 5.74) is 5.29. The summed E-state index contributed by atoms with van der Waals surface area (Å²) >= 11 is 1.36. The number of nitrogens with zero attached hydrogens (tertiary/aromatic N) is 3. The van der Waals surface area contributed by atoms with E-state index in [4.69, 9.17) is 4.74 Å². The number of aromatic nitrogens is 3. The number of hydrogen-bond acceptors (Lipinski definition) is 5. The molecular weight excluding hydrogens is 396 g/mol. The lowest BCUT2D eigenvalue weighted by atomic mass is 10.1. The van der Waals surface area contributed by atoms with Gasteiger partial charge in [0, 0.05) is 12.7 Å². The molecule has 0 bridgehead atoms. The minimum Gasteiger partial charge on any atom is -0.482 e. The van der Waals surface area contributed by atoms with Crippen molar-refractivity contribution in [3.63, 3.8) is 0 Å². The number of carbonyl (C=O) groups is 1. The number of rotatable bonds is 7. The molecule has 0 aliphatic heterocycles. The molecule has 7 heteroatoms. The third-order valence-electron chi connectivity index (χ3n) is 5.09. The highest BCUT2D eigenvalue weighted by atomic mass is 32.2. The standard InChI is InChI=1S/C23H28N4O2S/c1-14-10-11-16(3)19(12-14)24-21(28)13-30-23-26-25-22(27(23)6)18(5)29-20-9-7-8-15(2)17(20)4/h7-12,18H,13H2,1-6H3,(H,24,28). The van der Waals surface area contributed by atoms with Crippen LogP contribution in [0.25, 0.3) is 0 Å². The number of anilines is 1. The van der Waals surface area contributed by atoms with E-state index in [1.165, 1.54) is 17.3 Å². The monoisotopic (exact) mass is 424 g/mol. The van der Waals surface area contributed by atoms with E-state index in [0.29, 0.717) is 11.0 Å². The molecule has 1 heterocycles. The van der Waals surface area contributed by atoms with Crippen LogP contribution in [0.5, 0.6) is 5.75 Å². The van der Waals surface area contributed by atoms with Crippen molar-refractivity contribution in [1.29, 1.82) is 0 Å². The molecule has 1 aromatic heterocycles. The van der Waals surface area contributed by atoms with Crippen molar-refractivity contribution in [1.82, 2.24) is 14.8 Å². The second kappa shape index (κ2) is 9.34. The first-order valence-electron chi connectivity index (χ1n) is 9.88. The number of hydrogen-bond donors (Lipinski definition) is 1. The maximum Gasteiger partial charge on any atom is 0.234 e. The van der Waals surface area contributed by atoms with Gasteiger partial charge in [-0.15, -0.1) is 10.2 Å². The fourth-order valence-corrected chi connectivity index (χ4v) is 3.81. The van der Waals surface area contributed by atoms with Gasteiger partial charge in [0.2, 0.25) is 5.91 Å². The Morgan fingerprint density at radius 1 is 1.13 bits per heavy atom. The topological polar surface area (TPSA) is 69.0 Å². The van der Waals surface area contributed by atoms with Gasteiger partial charge in [-0.1, -0.05) is 36.0 Å². The minimum atomic E-state index is -0.263. The Labute approximate surface area is 182 Å². The normalized spacial score (nSPS) is 11.9. The zero-order chi connectivity index (χ0) is 21.8. The molecule has 0 aliphatic rings. The highest BCUT2D eigenvalue weighted by Crippen LogP contribution is 2.27. The molecule has 1 unspecified atom stereocenters. The zero-order valence-corrected chi connectivity index (χ0v) is 19.1. The predicted octanol–water partition coefficient (Wildman–Crippen LogP) is 4.92. The summed E-state index contributed by atoms with van der Waals surface area (Å²) in [6.07, 6.45) is -0.263. The van der Waals surface area contributed by atoms with Gasteiger partial charge in [0.1, 0.15) is 5.75 Å². The molecular formula is C23H28N4O2S. The van der Waals surface area contributed by atoms with Crippen molar-refractivity contribution in [2.75, 3.05) is 11.1 Å². The van der Waals surface area contributed by atoms with Gasteiger partial charge in [-0.2, -0.15) is 0 Å². The molecule has 0 aliphatic carbocycles. The van der Waals surface area contributed by atoms with Crippen LogP contribution in [0, 0.1) is 27.7 Å². The summed E-state index contributed by atoms with van der Waals surface area (Å²) in [5.74, 6) is 1.74. The van der Waals surface area contributed by atoms with E-state index in [0.717, 1.165) is 28.1 Å². The number of aryl methyl sites for hydroxylation is 3. The van der Waals surface area contributed by atoms with E-state index in [1.807, 2.05) is 69.6 Å². The van der Waals surface area contributed by atoms with Gasteiger partial charge in [0.15, 0.2) is 17.1 Å². The lowest BCUT2D eigenvalue weighted by Gasteiger charge is -2.17. The van der Waals surface area contributed by atoms with Crippen LogP contribution in [0.2, 0.25) is 0 Å². The second-order valence-corrected chi connectivity index (χ2v) is 8.46. The maximum atomic E-state index is 12.4. The van der Waals surface area contributed by atoms with E-state index in [9.17, 15) is 4.79 Å². The molecule has 0 saturated carbocycles. The van der Waals surface area contributed by atoms with E-state index >= 15 is 0 Å². The van der Waals surface area contributed by atoms with Crippen molar-refractivity contribution in [3.05, 3.63) is 64.5 Å². The molecule has 2 aromatic carbocycles. The lowest BCUT2D eigenvalue weighted by molar-refractivity contribution is -0.113. The molecule has 158 valence electrons. The molecule has 0 saturated heterocycles. The first-order chi connectivity index (χ1) is 14.3. The third-order valence-corrected chi connectivity index (χ3v) is 6.11. The molecule has 1 amide bonds. The Kier molecular flexibility index (Phi) is 6.82. The van der Waals surface area contributed by atoms with Gasteiger partial charge in [-0.25, -0.2) is 0 Å². The Balaban J connectivity index is 1.62. The van der Waals surface area contributed by atoms with Crippen molar-refractivity contribution in [2.24, 2.45) is 7.05 Å². The van der Waals surface area contributed by atoms with Crippen molar-refractivity contribution < 1.29 is 9.53 Å². The fourth-order valence-electron chi connectivity index (χ4n) is 3.09. The molecule has 0 spiro atoms. The number of ether oxygens (including phenoxy) is 1. The van der Waals surface area contributed by atoms with Gasteiger partial charge in [-0.05, 0) is 69.0 Å². The Morgan fingerprint density at radius 3 is 2.67 bits per heavy atom. The number of carbonyl (C=O) groups excluding carboxylic acids is 1. The lowest BCUT2D eigenvalue weighted by Crippen LogP contribution is -2.15. The SMILES string of the molecule is Cc1ccc(C)c(NC(=O)CSc2nnc(C(C)Oc3cccc(C)c3C)n2C)c1. The molecule has 1 N–H and O–H groups in total. The molecule has 3 rings (SSSR count). The van der Waals surface area contributed by atoms with Crippen LogP contribution in [0.15, 0.2) is 41.6 Å². The van der Waals surface area contributed by atoms with E-state index in [1.54, 1.807) is 0 Å². The quantitative estimate of drug-likeness (QED) is 0.545. The summed E-state index contributed by atoms with van der Waals surface area (Å²) in [6, 6.07) is 12.0. The Hall–Kier alpha value is -2.80. The first kappa shape index (κ1) is 21.9. The van der Waals surface area contributed by atoms with Gasteiger partial charge in [-0.3, -0.25) is 4.79 Å². The summed E-state index contributed by atoms with van der Waals surface area (Å²) < 4.78 is 8.00. The molecule has 30 heavy (non-hydrogen) atoms. The smallest absolute Gasteiger partial charge is 0.234 e. The molecule has 6 nitrogen and oxygen atoms in total. The fraction of sp³-hybridized carbons (Fsp3) is 0.348. The molecule has 3 aromatic rings. The van der Waals surface area contributed by atoms with E-state index in [2.05, 4.69) is 28.5 Å². The van der Waals surface area contributed by atoms with E-state index in [-0.39, 0.29) is 17.8 Å². The van der Waals surface area contributed by atoms with Crippen molar-refractivity contribution in [3.8, 4) is 5.75 Å². The summed E-state index contributed by atoms with van der Waals surface area (Å²) in [7, 11) is 1.89. The van der Waals surface area contributed by atoms with Gasteiger partial charge < -0.3 is 14.6 Å². The highest BCUT2D eigenvalue weighted by molar-refractivity contribution is 7.99. The van der Waals surface area contributed by atoms with Crippen LogP contribution in [0.1, 0.15) is 41.1 Å². The van der Waals surface area contributed by atoms with Crippen molar-refractivity contribution in [2.45, 2.75) is 45.9 Å². The summed E-state index contributed by atoms with van der Waals surface area (Å²) in [5, 5.41) is 12.2. The average Bonchev–Trinajstić information content (AvgIpc) is 3.07. The Bertz CT molecular complexity index is 1060. The summed E-state index contributed by atoms with van der Waals surface area (Å²) in [4.78, 5) is 12.4. The highest BCUT2D eigenvalue weighted by Gasteiger charge is 2.19. The number of nitrogens with one attached hydrogen (secondary N) is 1. The number of thioether (sulfide) groups is 1. The van der Waals surface area contributed by atoms with E-state index < -0.39 is 0 Å². The van der Waals surface area contributed by atoms with Gasteiger partial charge in [0.25, 0.3) is 0 Å². The number of amides is 1. The van der Waals surface area contributed by atoms with Crippen LogP contribution in [0.4, 0.5) is 5.69 Å². The van der Waals surface area contributed by atoms with Gasteiger partial charge in [0.05, 0.1) is 5.75 Å². The molecule has 0 fully saturated rings. The van der Waals surface area contributed by atoms with Crippen molar-refractivity contribution >= 4 is 23.4 Å². The summed E-state index contributed by atoms with van der Waals surface area (Å²) in [6.45, 7) is 10.0. The van der Waals surface area contributed by atoms with Crippen LogP contribution in [-0.2, 0) is 11.8 Å². The van der Waals surface area contributed by atoms with Crippen LogP contribution < -0.4 is 10.1 Å². The minimum absolute atomic E-state index is 0.0714. The second-order valence-electron chi connectivity index (χ2n) is 7.51. The predicted molar refractivity (Wildman–Crippen MR) is 121 cm³/mol. The maximum absolute atomic E-state index is 12.4. The Morgan fingerprint density at radius 2 is 1.90 bits per heavy atom. The molecule has 1 atom stereocenters. The third kappa shape index (κ3) is 5.02. The van der Waals surface area contributed by atoms with Crippen LogP contribution >= 0.6 is 11.8 Å². The average molecular weight is 425 g/mol. The van der Waals surface area contributed by atoms with Gasteiger partial charge >= 0.3 is 0 Å². The zero-order valence-electron chi connectivity index (χ0n) is 18.3. The first-order valence-corrected chi connectivity index (χ1v) is 10.9.